The van der Waals surface area contributed by atoms with E-state index in [0.29, 0.717) is 25.9 Å². The Kier molecular flexibility index (Phi) is 23.7. The Hall–Kier alpha value is -1.87. The van der Waals surface area contributed by atoms with E-state index in [0.717, 1.165) is 6.54 Å². The van der Waals surface area contributed by atoms with Crippen molar-refractivity contribution in [2.75, 3.05) is 19.6 Å². The zero-order valence-corrected chi connectivity index (χ0v) is 18.8. The predicted molar refractivity (Wildman–Crippen MR) is 122 cm³/mol. The van der Waals surface area contributed by atoms with E-state index in [1.54, 1.807) is 0 Å². The standard InChI is InChI=1S/C15H31NO2.C6H14N4O2/c1-2-3-4-5-6-7-8-9-10-11-13-16-14-12-15(17)18;7-4(5(11)12)2-1-3-10-6(8)9/h16H,2-14H2,1H3,(H,17,18);4H,1-3,7H2,(H,11,12)(H4,8,9,10)/t;4-/m.0/s1. The molecule has 0 saturated heterocycles. The van der Waals surface area contributed by atoms with Crippen LogP contribution < -0.4 is 22.5 Å². The first-order valence-electron chi connectivity index (χ1n) is 11.3. The molecule has 0 radical (unpaired) electrons. The number of hydrogen-bond acceptors (Lipinski definition) is 5. The number of aliphatic imine (C=N–C) groups is 1. The molecule has 0 rings (SSSR count). The third-order valence-corrected chi connectivity index (χ3v) is 4.51. The summed E-state index contributed by atoms with van der Waals surface area (Å²) in [6, 6.07) is -0.820. The van der Waals surface area contributed by atoms with Crippen molar-refractivity contribution in [3.8, 4) is 0 Å². The van der Waals surface area contributed by atoms with Gasteiger partial charge in [-0.1, -0.05) is 64.7 Å². The quantitative estimate of drug-likeness (QED) is 0.102. The van der Waals surface area contributed by atoms with Gasteiger partial charge in [-0.25, -0.2) is 0 Å². The molecule has 0 saturated carbocycles. The van der Waals surface area contributed by atoms with Gasteiger partial charge in [0.15, 0.2) is 5.96 Å². The van der Waals surface area contributed by atoms with E-state index < -0.39 is 18.0 Å². The monoisotopic (exact) mass is 431 g/mol. The van der Waals surface area contributed by atoms with E-state index in [1.165, 1.54) is 64.2 Å². The van der Waals surface area contributed by atoms with Crippen LogP contribution in [0.15, 0.2) is 4.99 Å². The molecule has 9 heteroatoms. The normalized spacial score (nSPS) is 11.3. The molecular weight excluding hydrogens is 386 g/mol. The van der Waals surface area contributed by atoms with Crippen LogP contribution in [-0.2, 0) is 9.59 Å². The molecule has 0 aromatic heterocycles. The van der Waals surface area contributed by atoms with Crippen LogP contribution in [0.1, 0.15) is 90.4 Å². The van der Waals surface area contributed by atoms with Gasteiger partial charge in [-0.15, -0.1) is 0 Å². The number of carboxylic acid groups (broad SMARTS) is 2. The third-order valence-electron chi connectivity index (χ3n) is 4.51. The number of nitrogens with one attached hydrogen (secondary N) is 1. The molecule has 178 valence electrons. The van der Waals surface area contributed by atoms with Gasteiger partial charge in [0.05, 0.1) is 6.42 Å². The highest BCUT2D eigenvalue weighted by Gasteiger charge is 2.09. The molecule has 9 nitrogen and oxygen atoms in total. The minimum absolute atomic E-state index is 0.0129. The molecule has 0 unspecified atom stereocenters. The van der Waals surface area contributed by atoms with Crippen LogP contribution in [0.2, 0.25) is 0 Å². The zero-order valence-electron chi connectivity index (χ0n) is 18.8. The summed E-state index contributed by atoms with van der Waals surface area (Å²) in [6.07, 6.45) is 14.6. The molecule has 0 aromatic rings. The number of nitrogens with zero attached hydrogens (tertiary/aromatic N) is 1. The maximum Gasteiger partial charge on any atom is 0.320 e. The van der Waals surface area contributed by atoms with E-state index in [4.69, 9.17) is 27.4 Å². The summed E-state index contributed by atoms with van der Waals surface area (Å²) in [6.45, 7) is 4.24. The van der Waals surface area contributed by atoms with Crippen molar-refractivity contribution in [2.24, 2.45) is 22.2 Å². The Balaban J connectivity index is 0. The Bertz CT molecular complexity index is 443. The molecule has 0 aliphatic rings. The van der Waals surface area contributed by atoms with E-state index in [-0.39, 0.29) is 12.4 Å². The van der Waals surface area contributed by atoms with Crippen molar-refractivity contribution in [1.82, 2.24) is 5.32 Å². The van der Waals surface area contributed by atoms with E-state index >= 15 is 0 Å². The Labute approximate surface area is 181 Å². The summed E-state index contributed by atoms with van der Waals surface area (Å²) < 4.78 is 0. The molecule has 0 spiro atoms. The summed E-state index contributed by atoms with van der Waals surface area (Å²) in [5.74, 6) is -1.70. The van der Waals surface area contributed by atoms with Crippen LogP contribution in [0, 0.1) is 0 Å². The maximum atomic E-state index is 10.3. The number of hydrogen-bond donors (Lipinski definition) is 6. The topological polar surface area (TPSA) is 177 Å². The highest BCUT2D eigenvalue weighted by molar-refractivity contribution is 5.75. The van der Waals surface area contributed by atoms with Crippen molar-refractivity contribution in [3.05, 3.63) is 0 Å². The summed E-state index contributed by atoms with van der Waals surface area (Å²) in [4.78, 5) is 24.2. The van der Waals surface area contributed by atoms with Gasteiger partial charge in [0.2, 0.25) is 0 Å². The molecule has 1 atom stereocenters. The van der Waals surface area contributed by atoms with Gasteiger partial charge in [-0.2, -0.15) is 0 Å². The Morgan fingerprint density at radius 3 is 1.87 bits per heavy atom. The third kappa shape index (κ3) is 28.3. The van der Waals surface area contributed by atoms with Crippen molar-refractivity contribution in [2.45, 2.75) is 96.4 Å². The van der Waals surface area contributed by atoms with Gasteiger partial charge in [-0.05, 0) is 25.8 Å². The average molecular weight is 432 g/mol. The number of rotatable bonds is 19. The second-order valence-electron chi connectivity index (χ2n) is 7.47. The van der Waals surface area contributed by atoms with Gasteiger partial charge < -0.3 is 32.7 Å². The molecule has 0 bridgehead atoms. The van der Waals surface area contributed by atoms with Crippen molar-refractivity contribution in [3.63, 3.8) is 0 Å². The minimum atomic E-state index is -1.00. The molecule has 0 aliphatic carbocycles. The molecular formula is C21H45N5O4. The fraction of sp³-hybridized carbons (Fsp3) is 0.857. The molecule has 0 fully saturated rings. The highest BCUT2D eigenvalue weighted by atomic mass is 16.4. The highest BCUT2D eigenvalue weighted by Crippen LogP contribution is 2.10. The van der Waals surface area contributed by atoms with Gasteiger partial charge in [0, 0.05) is 13.1 Å². The van der Waals surface area contributed by atoms with Gasteiger partial charge in [0.1, 0.15) is 6.04 Å². The van der Waals surface area contributed by atoms with Crippen LogP contribution in [0.4, 0.5) is 0 Å². The minimum Gasteiger partial charge on any atom is -0.481 e. The summed E-state index contributed by atoms with van der Waals surface area (Å²) in [5, 5.41) is 20.0. The lowest BCUT2D eigenvalue weighted by atomic mass is 10.1. The van der Waals surface area contributed by atoms with Crippen molar-refractivity contribution < 1.29 is 19.8 Å². The second-order valence-corrected chi connectivity index (χ2v) is 7.47. The van der Waals surface area contributed by atoms with Gasteiger partial charge >= 0.3 is 11.9 Å². The number of nitrogens with two attached hydrogens (primary N) is 3. The molecule has 9 N–H and O–H groups in total. The zero-order chi connectivity index (χ0) is 23.0. The van der Waals surface area contributed by atoms with Crippen LogP contribution >= 0.6 is 0 Å². The number of unbranched alkanes of at least 4 members (excludes halogenated alkanes) is 9. The summed E-state index contributed by atoms with van der Waals surface area (Å²) in [5.41, 5.74) is 15.3. The first kappa shape index (κ1) is 30.3. The van der Waals surface area contributed by atoms with E-state index in [9.17, 15) is 9.59 Å². The number of carbonyl (C=O) groups is 2. The fourth-order valence-electron chi connectivity index (χ4n) is 2.70. The summed E-state index contributed by atoms with van der Waals surface area (Å²) in [7, 11) is 0. The van der Waals surface area contributed by atoms with Crippen molar-refractivity contribution >= 4 is 17.9 Å². The molecule has 0 heterocycles. The van der Waals surface area contributed by atoms with Crippen LogP contribution in [0.3, 0.4) is 0 Å². The largest absolute Gasteiger partial charge is 0.481 e. The Morgan fingerprint density at radius 1 is 0.867 bits per heavy atom. The SMILES string of the molecule is CCCCCCCCCCCCNCCC(=O)O.NC(N)=NCCC[C@H](N)C(=O)O. The van der Waals surface area contributed by atoms with Crippen LogP contribution in [0.25, 0.3) is 0 Å². The number of aliphatic carboxylic acids is 2. The molecule has 0 aliphatic heterocycles. The smallest absolute Gasteiger partial charge is 0.320 e. The van der Waals surface area contributed by atoms with E-state index in [2.05, 4.69) is 17.2 Å². The lowest BCUT2D eigenvalue weighted by molar-refractivity contribution is -0.139. The molecule has 0 aromatic carbocycles. The first-order chi connectivity index (χ1) is 14.3. The van der Waals surface area contributed by atoms with E-state index in [1.807, 2.05) is 0 Å². The van der Waals surface area contributed by atoms with Gasteiger partial charge in [-0.3, -0.25) is 14.6 Å². The molecule has 0 amide bonds. The number of guanidine groups is 1. The molecule has 30 heavy (non-hydrogen) atoms. The maximum absolute atomic E-state index is 10.3. The lowest BCUT2D eigenvalue weighted by Gasteiger charge is -2.03. The van der Waals surface area contributed by atoms with Crippen LogP contribution in [0.5, 0.6) is 0 Å². The lowest BCUT2D eigenvalue weighted by Crippen LogP contribution is -2.30. The first-order valence-corrected chi connectivity index (χ1v) is 11.3. The average Bonchev–Trinajstić information content (AvgIpc) is 2.68. The fourth-order valence-corrected chi connectivity index (χ4v) is 2.70. The number of carboxylic acids is 2. The second kappa shape index (κ2) is 23.4. The van der Waals surface area contributed by atoms with Gasteiger partial charge in [0.25, 0.3) is 0 Å². The summed E-state index contributed by atoms with van der Waals surface area (Å²) >= 11 is 0. The predicted octanol–water partition coefficient (Wildman–Crippen LogP) is 2.42. The Morgan fingerprint density at radius 2 is 1.40 bits per heavy atom. The van der Waals surface area contributed by atoms with Crippen LogP contribution in [-0.4, -0.2) is 53.8 Å². The van der Waals surface area contributed by atoms with Crippen molar-refractivity contribution in [1.29, 1.82) is 0 Å².